The van der Waals surface area contributed by atoms with E-state index in [0.717, 1.165) is 118 Å². The van der Waals surface area contributed by atoms with Crippen LogP contribution in [0.5, 0.6) is 11.5 Å². The Bertz CT molecular complexity index is 1510. The molecule has 0 radical (unpaired) electrons. The Labute approximate surface area is 336 Å². The summed E-state index contributed by atoms with van der Waals surface area (Å²) in [7, 11) is 0. The van der Waals surface area contributed by atoms with E-state index in [9.17, 15) is 4.79 Å². The molecule has 4 aliphatic rings. The van der Waals surface area contributed by atoms with Gasteiger partial charge in [0.15, 0.2) is 0 Å². The van der Waals surface area contributed by atoms with Gasteiger partial charge in [-0.15, -0.1) is 0 Å². The molecule has 4 nitrogen and oxygen atoms in total. The molecule has 3 fully saturated rings. The lowest BCUT2D eigenvalue weighted by atomic mass is 9.47. The molecule has 2 aromatic carbocycles. The van der Waals surface area contributed by atoms with Crippen molar-refractivity contribution in [2.75, 3.05) is 13.2 Å². The molecule has 55 heavy (non-hydrogen) atoms. The van der Waals surface area contributed by atoms with Gasteiger partial charge in [-0.25, -0.2) is 0 Å². The monoisotopic (exact) mass is 753 g/mol. The molecule has 4 heteroatoms. The van der Waals surface area contributed by atoms with Crippen LogP contribution in [0, 0.1) is 46.3 Å². The van der Waals surface area contributed by atoms with Gasteiger partial charge >= 0.3 is 5.97 Å². The summed E-state index contributed by atoms with van der Waals surface area (Å²) >= 11 is 0. The summed E-state index contributed by atoms with van der Waals surface area (Å²) in [6, 6.07) is 16.7. The Kier molecular flexibility index (Phi) is 14.9. The molecule has 0 heterocycles. The van der Waals surface area contributed by atoms with E-state index in [2.05, 4.69) is 96.1 Å². The molecule has 0 N–H and O–H groups in total. The van der Waals surface area contributed by atoms with Gasteiger partial charge in [0.1, 0.15) is 17.6 Å². The normalized spacial score (nSPS) is 29.1. The highest BCUT2D eigenvalue weighted by Gasteiger charge is 2.59. The zero-order valence-electron chi connectivity index (χ0n) is 35.7. The Morgan fingerprint density at radius 1 is 0.727 bits per heavy atom. The summed E-state index contributed by atoms with van der Waals surface area (Å²) in [6.45, 7) is 16.3. The highest BCUT2D eigenvalue weighted by Crippen LogP contribution is 2.67. The van der Waals surface area contributed by atoms with Crippen LogP contribution in [0.3, 0.4) is 0 Å². The molecule has 2 aromatic rings. The number of carbonyl (C=O) groups excluding carboxylic acids is 1. The molecule has 304 valence electrons. The van der Waals surface area contributed by atoms with Crippen molar-refractivity contribution < 1.29 is 19.0 Å². The smallest absolute Gasteiger partial charge is 0.306 e. The molecular formula is C51H76O4. The van der Waals surface area contributed by atoms with E-state index < -0.39 is 0 Å². The van der Waals surface area contributed by atoms with Crippen LogP contribution in [-0.2, 0) is 9.53 Å². The van der Waals surface area contributed by atoms with Crippen molar-refractivity contribution in [3.05, 3.63) is 60.2 Å². The van der Waals surface area contributed by atoms with E-state index in [1.807, 2.05) is 0 Å². The standard InChI is InChI=1S/C51H76O4/c1-7-8-34-53-42-23-18-39(19-24-42)40-20-25-43(26-21-40)54-35-13-11-9-10-12-17-49(52)55-44-30-32-50(5)41(36-44)22-27-45-47-29-28-46(38(4)16-14-15-37(2)3)51(47,6)33-31-48(45)50/h18-26,37-38,44-48H,7-17,27-36H2,1-6H3/t38-,44+,45+,46-,47+,48+,50+,51-/m1/s1. The van der Waals surface area contributed by atoms with E-state index in [1.54, 1.807) is 5.57 Å². The van der Waals surface area contributed by atoms with Crippen molar-refractivity contribution in [3.8, 4) is 22.6 Å². The number of allylic oxidation sites excluding steroid dienone is 1. The lowest BCUT2D eigenvalue weighted by Gasteiger charge is -2.58. The zero-order valence-corrected chi connectivity index (χ0v) is 35.7. The van der Waals surface area contributed by atoms with Crippen molar-refractivity contribution in [1.29, 1.82) is 0 Å². The molecule has 3 saturated carbocycles. The first-order chi connectivity index (χ1) is 26.6. The molecule has 8 atom stereocenters. The number of esters is 1. The highest BCUT2D eigenvalue weighted by atomic mass is 16.5. The van der Waals surface area contributed by atoms with Gasteiger partial charge in [0.25, 0.3) is 0 Å². The van der Waals surface area contributed by atoms with Gasteiger partial charge in [-0.05, 0) is 146 Å². The van der Waals surface area contributed by atoms with Gasteiger partial charge in [-0.3, -0.25) is 4.79 Å². The zero-order chi connectivity index (χ0) is 38.8. The number of hydrogen-bond donors (Lipinski definition) is 0. The quantitative estimate of drug-likeness (QED) is 0.0767. The second-order valence-electron chi connectivity index (χ2n) is 19.3. The van der Waals surface area contributed by atoms with Gasteiger partial charge in [-0.2, -0.15) is 0 Å². The van der Waals surface area contributed by atoms with E-state index in [1.165, 1.54) is 68.9 Å². The van der Waals surface area contributed by atoms with Crippen LogP contribution >= 0.6 is 0 Å². The molecule has 6 rings (SSSR count). The predicted molar refractivity (Wildman–Crippen MR) is 228 cm³/mol. The summed E-state index contributed by atoms with van der Waals surface area (Å²) in [6.07, 6.45) is 25.1. The third-order valence-corrected chi connectivity index (χ3v) is 15.2. The first-order valence-corrected chi connectivity index (χ1v) is 23.0. The third-order valence-electron chi connectivity index (χ3n) is 15.2. The van der Waals surface area contributed by atoms with Crippen LogP contribution in [0.2, 0.25) is 0 Å². The SMILES string of the molecule is CCCCOc1ccc(-c2ccc(OCCCCCCCC(=O)O[C@H]3CC[C@@]4(C)C(=CC[C@H]5[C@@H]6CC[C@H]([C@H](C)CCCC(C)C)[C@@]6(C)CC[C@@H]54)C3)cc2)cc1. The highest BCUT2D eigenvalue weighted by molar-refractivity contribution is 5.69. The fourth-order valence-corrected chi connectivity index (χ4v) is 11.9. The molecule has 0 amide bonds. The maximum absolute atomic E-state index is 12.9. The van der Waals surface area contributed by atoms with Crippen LogP contribution in [0.4, 0.5) is 0 Å². The van der Waals surface area contributed by atoms with Crippen LogP contribution in [-0.4, -0.2) is 25.3 Å². The number of fused-ring (bicyclic) bond motifs is 5. The molecule has 0 saturated heterocycles. The summed E-state index contributed by atoms with van der Waals surface area (Å²) in [5.74, 6) is 7.01. The van der Waals surface area contributed by atoms with Gasteiger partial charge in [0.05, 0.1) is 13.2 Å². The van der Waals surface area contributed by atoms with Crippen LogP contribution < -0.4 is 9.47 Å². The molecule has 4 aliphatic carbocycles. The van der Waals surface area contributed by atoms with Gasteiger partial charge in [0.2, 0.25) is 0 Å². The minimum Gasteiger partial charge on any atom is -0.494 e. The van der Waals surface area contributed by atoms with Crippen LogP contribution in [0.25, 0.3) is 11.1 Å². The summed E-state index contributed by atoms with van der Waals surface area (Å²) in [4.78, 5) is 12.9. The molecule has 0 aliphatic heterocycles. The third kappa shape index (κ3) is 10.4. The average molecular weight is 753 g/mol. The summed E-state index contributed by atoms with van der Waals surface area (Å²) in [5.41, 5.74) is 4.82. The number of hydrogen-bond acceptors (Lipinski definition) is 4. The largest absolute Gasteiger partial charge is 0.494 e. The summed E-state index contributed by atoms with van der Waals surface area (Å²) in [5, 5.41) is 0. The number of unbranched alkanes of at least 4 members (excludes halogenated alkanes) is 5. The molecular weight excluding hydrogens is 677 g/mol. The molecule has 0 bridgehead atoms. The topological polar surface area (TPSA) is 44.8 Å². The van der Waals surface area contributed by atoms with E-state index in [-0.39, 0.29) is 12.1 Å². The fourth-order valence-electron chi connectivity index (χ4n) is 11.9. The number of ether oxygens (including phenoxy) is 3. The minimum absolute atomic E-state index is 0.0128. The van der Waals surface area contributed by atoms with Crippen molar-refractivity contribution >= 4 is 5.97 Å². The lowest BCUT2D eigenvalue weighted by molar-refractivity contribution is -0.151. The van der Waals surface area contributed by atoms with Crippen LogP contribution in [0.15, 0.2) is 60.2 Å². The lowest BCUT2D eigenvalue weighted by Crippen LogP contribution is -2.51. The first kappa shape index (κ1) is 41.9. The Balaban J connectivity index is 0.852. The van der Waals surface area contributed by atoms with Gasteiger partial charge in [0, 0.05) is 12.8 Å². The Morgan fingerprint density at radius 3 is 2.05 bits per heavy atom. The second kappa shape index (κ2) is 19.6. The Hall–Kier alpha value is -2.75. The molecule has 0 aromatic heterocycles. The average Bonchev–Trinajstić information content (AvgIpc) is 3.54. The number of carbonyl (C=O) groups is 1. The second-order valence-corrected chi connectivity index (χ2v) is 19.3. The van der Waals surface area contributed by atoms with E-state index >= 15 is 0 Å². The minimum atomic E-state index is 0.0128. The van der Waals surface area contributed by atoms with Gasteiger partial charge in [-0.1, -0.05) is 122 Å². The number of rotatable bonds is 20. The van der Waals surface area contributed by atoms with E-state index in [4.69, 9.17) is 14.2 Å². The first-order valence-electron chi connectivity index (χ1n) is 23.0. The van der Waals surface area contributed by atoms with Crippen LogP contribution in [0.1, 0.15) is 164 Å². The van der Waals surface area contributed by atoms with E-state index in [0.29, 0.717) is 17.3 Å². The summed E-state index contributed by atoms with van der Waals surface area (Å²) < 4.78 is 18.0. The van der Waals surface area contributed by atoms with Crippen molar-refractivity contribution in [2.24, 2.45) is 46.3 Å². The fraction of sp³-hybridized carbons (Fsp3) is 0.706. The Morgan fingerprint density at radius 2 is 1.38 bits per heavy atom. The maximum Gasteiger partial charge on any atom is 0.306 e. The van der Waals surface area contributed by atoms with Crippen molar-refractivity contribution in [2.45, 2.75) is 170 Å². The van der Waals surface area contributed by atoms with Gasteiger partial charge < -0.3 is 14.2 Å². The molecule has 0 spiro atoms. The molecule has 0 unspecified atom stereocenters. The number of benzene rings is 2. The predicted octanol–water partition coefficient (Wildman–Crippen LogP) is 14.2. The van der Waals surface area contributed by atoms with Crippen molar-refractivity contribution in [1.82, 2.24) is 0 Å². The maximum atomic E-state index is 12.9. The van der Waals surface area contributed by atoms with Crippen molar-refractivity contribution in [3.63, 3.8) is 0 Å².